The molecule has 2 nitrogen and oxygen atoms in total. The molecule has 0 spiro atoms. The Hall–Kier alpha value is -1.58. The van der Waals surface area contributed by atoms with Crippen molar-refractivity contribution < 1.29 is 0 Å². The number of para-hydroxylation sites is 1. The molecule has 0 radical (unpaired) electrons. The zero-order chi connectivity index (χ0) is 14.5. The van der Waals surface area contributed by atoms with E-state index in [2.05, 4.69) is 64.1 Å². The fourth-order valence-electron chi connectivity index (χ4n) is 2.79. The molecule has 1 N–H and O–H groups in total. The minimum atomic E-state index is 1.04. The van der Waals surface area contributed by atoms with Crippen molar-refractivity contribution in [3.05, 3.63) is 58.4 Å². The Morgan fingerprint density at radius 3 is 2.86 bits per heavy atom. The van der Waals surface area contributed by atoms with Gasteiger partial charge in [0.25, 0.3) is 0 Å². The van der Waals surface area contributed by atoms with Crippen molar-refractivity contribution >= 4 is 22.2 Å². The van der Waals surface area contributed by atoms with Crippen molar-refractivity contribution in [2.45, 2.75) is 26.3 Å². The lowest BCUT2D eigenvalue weighted by molar-refractivity contribution is 0.703. The summed E-state index contributed by atoms with van der Waals surface area (Å²) in [6.07, 6.45) is 4.54. The molecule has 0 atom stereocenters. The van der Waals surface area contributed by atoms with Gasteiger partial charge in [-0.1, -0.05) is 25.1 Å². The number of aromatic nitrogens is 1. The van der Waals surface area contributed by atoms with Crippen molar-refractivity contribution in [2.75, 3.05) is 13.1 Å². The number of rotatable bonds is 7. The number of benzene rings is 1. The van der Waals surface area contributed by atoms with Crippen LogP contribution in [-0.2, 0) is 19.4 Å². The Morgan fingerprint density at radius 1 is 1.14 bits per heavy atom. The molecule has 2 heterocycles. The molecule has 3 heteroatoms. The van der Waals surface area contributed by atoms with Crippen molar-refractivity contribution in [3.8, 4) is 0 Å². The largest absolute Gasteiger partial charge is 0.347 e. The summed E-state index contributed by atoms with van der Waals surface area (Å²) in [5.74, 6) is 0. The van der Waals surface area contributed by atoms with E-state index in [0.717, 1.165) is 32.5 Å². The Labute approximate surface area is 130 Å². The van der Waals surface area contributed by atoms with Gasteiger partial charge in [0, 0.05) is 23.6 Å². The number of likely N-dealkylation sites (N-methyl/N-ethyl adjacent to an activating group) is 1. The van der Waals surface area contributed by atoms with Gasteiger partial charge in [-0.25, -0.2) is 0 Å². The van der Waals surface area contributed by atoms with Gasteiger partial charge in [-0.15, -0.1) is 0 Å². The lowest BCUT2D eigenvalue weighted by atomic mass is 10.1. The van der Waals surface area contributed by atoms with Gasteiger partial charge in [0.05, 0.1) is 0 Å². The van der Waals surface area contributed by atoms with Crippen LogP contribution in [0.15, 0.2) is 47.3 Å². The van der Waals surface area contributed by atoms with Crippen LogP contribution in [0, 0.1) is 0 Å². The lowest BCUT2D eigenvalue weighted by Gasteiger charge is -2.03. The van der Waals surface area contributed by atoms with E-state index in [-0.39, 0.29) is 0 Å². The summed E-state index contributed by atoms with van der Waals surface area (Å²) < 4.78 is 2.41. The molecular weight excluding hydrogens is 276 g/mol. The molecule has 0 saturated heterocycles. The van der Waals surface area contributed by atoms with Gasteiger partial charge in [-0.3, -0.25) is 0 Å². The molecule has 3 rings (SSSR count). The molecule has 0 fully saturated rings. The highest BCUT2D eigenvalue weighted by atomic mass is 32.1. The fourth-order valence-corrected chi connectivity index (χ4v) is 3.49. The van der Waals surface area contributed by atoms with Crippen LogP contribution in [0.2, 0.25) is 0 Å². The summed E-state index contributed by atoms with van der Waals surface area (Å²) >= 11 is 1.78. The number of aryl methyl sites for hydroxylation is 2. The standard InChI is InChI=1S/C18H22N2S/c1-2-19-10-7-16-13-20(11-8-15-9-12-21-14-15)18-6-4-3-5-17(16)18/h3-6,9,12-14,19H,2,7-8,10-11H2,1H3. The average Bonchev–Trinajstić information content (AvgIpc) is 3.14. The van der Waals surface area contributed by atoms with Crippen LogP contribution in [0.1, 0.15) is 18.1 Å². The van der Waals surface area contributed by atoms with Gasteiger partial charge in [0.1, 0.15) is 0 Å². The van der Waals surface area contributed by atoms with E-state index in [1.165, 1.54) is 22.0 Å². The van der Waals surface area contributed by atoms with E-state index in [9.17, 15) is 0 Å². The van der Waals surface area contributed by atoms with Gasteiger partial charge in [0.2, 0.25) is 0 Å². The predicted molar refractivity (Wildman–Crippen MR) is 92.2 cm³/mol. The lowest BCUT2D eigenvalue weighted by Crippen LogP contribution is -2.15. The highest BCUT2D eigenvalue weighted by Gasteiger charge is 2.07. The van der Waals surface area contributed by atoms with E-state index < -0.39 is 0 Å². The molecule has 21 heavy (non-hydrogen) atoms. The van der Waals surface area contributed by atoms with E-state index in [0.29, 0.717) is 0 Å². The third-order valence-electron chi connectivity index (χ3n) is 3.91. The fraction of sp³-hybridized carbons (Fsp3) is 0.333. The van der Waals surface area contributed by atoms with Crippen LogP contribution in [0.25, 0.3) is 10.9 Å². The van der Waals surface area contributed by atoms with E-state index in [4.69, 9.17) is 0 Å². The van der Waals surface area contributed by atoms with Crippen LogP contribution < -0.4 is 5.32 Å². The first-order valence-electron chi connectivity index (χ1n) is 7.67. The average molecular weight is 298 g/mol. The summed E-state index contributed by atoms with van der Waals surface area (Å²) in [6.45, 7) is 5.30. The van der Waals surface area contributed by atoms with E-state index in [1.54, 1.807) is 11.3 Å². The minimum absolute atomic E-state index is 1.04. The highest BCUT2D eigenvalue weighted by Crippen LogP contribution is 2.22. The predicted octanol–water partition coefficient (Wildman–Crippen LogP) is 4.10. The summed E-state index contributed by atoms with van der Waals surface area (Å²) in [6, 6.07) is 11.0. The van der Waals surface area contributed by atoms with Crippen LogP contribution in [0.5, 0.6) is 0 Å². The van der Waals surface area contributed by atoms with Gasteiger partial charge < -0.3 is 9.88 Å². The smallest absolute Gasteiger partial charge is 0.0483 e. The summed E-state index contributed by atoms with van der Waals surface area (Å²) in [7, 11) is 0. The van der Waals surface area contributed by atoms with Gasteiger partial charge >= 0.3 is 0 Å². The molecule has 0 bridgehead atoms. The Morgan fingerprint density at radius 2 is 2.05 bits per heavy atom. The maximum Gasteiger partial charge on any atom is 0.0483 e. The van der Waals surface area contributed by atoms with Gasteiger partial charge in [-0.2, -0.15) is 11.3 Å². The third-order valence-corrected chi connectivity index (χ3v) is 4.65. The Bertz CT molecular complexity index is 682. The topological polar surface area (TPSA) is 17.0 Å². The van der Waals surface area contributed by atoms with Gasteiger partial charge in [0.15, 0.2) is 0 Å². The SMILES string of the molecule is CCNCCc1cn(CCc2ccsc2)c2ccccc12. The molecule has 0 unspecified atom stereocenters. The van der Waals surface area contributed by atoms with Crippen LogP contribution in [-0.4, -0.2) is 17.7 Å². The molecule has 0 aliphatic rings. The van der Waals surface area contributed by atoms with E-state index in [1.807, 2.05) is 0 Å². The first-order chi connectivity index (χ1) is 10.4. The van der Waals surface area contributed by atoms with Crippen molar-refractivity contribution in [1.29, 1.82) is 0 Å². The zero-order valence-electron chi connectivity index (χ0n) is 12.5. The first-order valence-corrected chi connectivity index (χ1v) is 8.61. The summed E-state index contributed by atoms with van der Waals surface area (Å²) in [4.78, 5) is 0. The maximum absolute atomic E-state index is 3.42. The number of thiophene rings is 1. The van der Waals surface area contributed by atoms with Crippen LogP contribution >= 0.6 is 11.3 Å². The molecular formula is C18H22N2S. The molecule has 3 aromatic rings. The third kappa shape index (κ3) is 3.36. The van der Waals surface area contributed by atoms with Crippen molar-refractivity contribution in [2.24, 2.45) is 0 Å². The molecule has 0 aliphatic carbocycles. The maximum atomic E-state index is 3.42. The second kappa shape index (κ2) is 6.92. The normalized spacial score (nSPS) is 11.3. The monoisotopic (exact) mass is 298 g/mol. The zero-order valence-corrected chi connectivity index (χ0v) is 13.3. The molecule has 2 aromatic heterocycles. The number of hydrogen-bond donors (Lipinski definition) is 1. The minimum Gasteiger partial charge on any atom is -0.347 e. The molecule has 0 amide bonds. The Kier molecular flexibility index (Phi) is 4.73. The number of fused-ring (bicyclic) bond motifs is 1. The van der Waals surface area contributed by atoms with Crippen molar-refractivity contribution in [1.82, 2.24) is 9.88 Å². The highest BCUT2D eigenvalue weighted by molar-refractivity contribution is 7.07. The second-order valence-corrected chi connectivity index (χ2v) is 6.13. The van der Waals surface area contributed by atoms with Crippen molar-refractivity contribution in [3.63, 3.8) is 0 Å². The number of nitrogens with zero attached hydrogens (tertiary/aromatic N) is 1. The molecule has 110 valence electrons. The molecule has 1 aromatic carbocycles. The molecule has 0 aliphatic heterocycles. The van der Waals surface area contributed by atoms with Crippen LogP contribution in [0.4, 0.5) is 0 Å². The van der Waals surface area contributed by atoms with E-state index >= 15 is 0 Å². The first kappa shape index (κ1) is 14.4. The quantitative estimate of drug-likeness (QED) is 0.650. The number of nitrogens with one attached hydrogen (secondary N) is 1. The van der Waals surface area contributed by atoms with Crippen LogP contribution in [0.3, 0.4) is 0 Å². The summed E-state index contributed by atoms with van der Waals surface area (Å²) in [5, 5.41) is 9.23. The van der Waals surface area contributed by atoms with Gasteiger partial charge in [-0.05, 0) is 60.0 Å². The molecule has 0 saturated carbocycles. The number of hydrogen-bond acceptors (Lipinski definition) is 2. The summed E-state index contributed by atoms with van der Waals surface area (Å²) in [5.41, 5.74) is 4.25. The Balaban J connectivity index is 1.80. The second-order valence-electron chi connectivity index (χ2n) is 5.35.